The molecule has 33 heavy (non-hydrogen) atoms. The van der Waals surface area contributed by atoms with Crippen LogP contribution in [-0.2, 0) is 14.2 Å². The van der Waals surface area contributed by atoms with Crippen LogP contribution in [0.4, 0.5) is 0 Å². The summed E-state index contributed by atoms with van der Waals surface area (Å²) < 4.78 is 17.0. The summed E-state index contributed by atoms with van der Waals surface area (Å²) in [5.41, 5.74) is -0.351. The van der Waals surface area contributed by atoms with E-state index in [1.807, 2.05) is 0 Å². The van der Waals surface area contributed by atoms with Crippen molar-refractivity contribution in [1.29, 1.82) is 0 Å². The predicted octanol–water partition coefficient (Wildman–Crippen LogP) is 5.09. The average molecular weight is 446 g/mol. The summed E-state index contributed by atoms with van der Waals surface area (Å²) in [6, 6.07) is 25.5. The van der Waals surface area contributed by atoms with Gasteiger partial charge in [-0.25, -0.2) is 14.4 Å². The maximum Gasteiger partial charge on any atom is 0.338 e. The summed E-state index contributed by atoms with van der Waals surface area (Å²) in [5.74, 6) is -1.73. The number of hydrogen-bond donors (Lipinski definition) is 0. The first-order valence-corrected chi connectivity index (χ1v) is 10.7. The largest absolute Gasteiger partial charge is 0.458 e. The molecule has 0 N–H and O–H groups in total. The van der Waals surface area contributed by atoms with E-state index < -0.39 is 29.6 Å². The highest BCUT2D eigenvalue weighted by molar-refractivity contribution is 5.91. The van der Waals surface area contributed by atoms with Crippen molar-refractivity contribution in [3.63, 3.8) is 0 Å². The van der Waals surface area contributed by atoms with Gasteiger partial charge in [-0.05, 0) is 49.7 Å². The normalized spacial score (nSPS) is 13.3. The zero-order chi connectivity index (χ0) is 23.7. The Hall–Kier alpha value is -3.93. The van der Waals surface area contributed by atoms with E-state index in [1.54, 1.807) is 105 Å². The third-order valence-corrected chi connectivity index (χ3v) is 5.15. The van der Waals surface area contributed by atoms with Crippen LogP contribution in [0, 0.1) is 0 Å². The molecule has 2 unspecified atom stereocenters. The maximum absolute atomic E-state index is 12.8. The van der Waals surface area contributed by atoms with Gasteiger partial charge in [-0.3, -0.25) is 0 Å². The van der Waals surface area contributed by atoms with Crippen molar-refractivity contribution in [3.05, 3.63) is 108 Å². The topological polar surface area (TPSA) is 78.9 Å². The molecule has 0 fully saturated rings. The van der Waals surface area contributed by atoms with E-state index in [0.717, 1.165) is 0 Å². The molecule has 0 saturated carbocycles. The molecule has 3 rings (SSSR count). The van der Waals surface area contributed by atoms with E-state index in [2.05, 4.69) is 0 Å². The van der Waals surface area contributed by atoms with Crippen molar-refractivity contribution in [1.82, 2.24) is 0 Å². The minimum Gasteiger partial charge on any atom is -0.458 e. The van der Waals surface area contributed by atoms with Gasteiger partial charge >= 0.3 is 17.9 Å². The second-order valence-electron chi connectivity index (χ2n) is 7.68. The molecule has 0 heterocycles. The number of hydrogen-bond acceptors (Lipinski definition) is 6. The van der Waals surface area contributed by atoms with E-state index in [4.69, 9.17) is 14.2 Å². The average Bonchev–Trinajstić information content (AvgIpc) is 2.87. The van der Waals surface area contributed by atoms with Crippen LogP contribution in [0.15, 0.2) is 91.0 Å². The van der Waals surface area contributed by atoms with E-state index in [0.29, 0.717) is 23.1 Å². The van der Waals surface area contributed by atoms with E-state index in [1.165, 1.54) is 0 Å². The first kappa shape index (κ1) is 23.7. The highest BCUT2D eigenvalue weighted by Crippen LogP contribution is 2.26. The Balaban J connectivity index is 1.82. The predicted molar refractivity (Wildman–Crippen MR) is 123 cm³/mol. The van der Waals surface area contributed by atoms with Crippen LogP contribution in [-0.4, -0.2) is 36.2 Å². The highest BCUT2D eigenvalue weighted by atomic mass is 16.6. The molecule has 3 aromatic carbocycles. The van der Waals surface area contributed by atoms with Crippen LogP contribution in [0.5, 0.6) is 0 Å². The molecule has 3 aromatic rings. The molecule has 0 aliphatic carbocycles. The minimum atomic E-state index is -1.42. The van der Waals surface area contributed by atoms with Gasteiger partial charge in [0.2, 0.25) is 0 Å². The van der Waals surface area contributed by atoms with Gasteiger partial charge in [0.15, 0.2) is 5.60 Å². The van der Waals surface area contributed by atoms with Gasteiger partial charge < -0.3 is 14.2 Å². The molecule has 6 heteroatoms. The van der Waals surface area contributed by atoms with Gasteiger partial charge in [0.1, 0.15) is 12.7 Å². The Kier molecular flexibility index (Phi) is 7.97. The minimum absolute atomic E-state index is 0.292. The third kappa shape index (κ3) is 6.29. The zero-order valence-electron chi connectivity index (χ0n) is 18.6. The smallest absolute Gasteiger partial charge is 0.338 e. The summed E-state index contributed by atoms with van der Waals surface area (Å²) in [4.78, 5) is 38.1. The molecule has 0 amide bonds. The molecular formula is C27H26O6. The van der Waals surface area contributed by atoms with Crippen molar-refractivity contribution in [2.24, 2.45) is 0 Å². The number of benzene rings is 3. The Bertz CT molecular complexity index is 1070. The molecule has 0 radical (unpaired) electrons. The van der Waals surface area contributed by atoms with Crippen molar-refractivity contribution in [3.8, 4) is 0 Å². The Morgan fingerprint density at radius 2 is 1.12 bits per heavy atom. The van der Waals surface area contributed by atoms with Crippen LogP contribution in [0.25, 0.3) is 0 Å². The molecule has 0 aromatic heterocycles. The van der Waals surface area contributed by atoms with Gasteiger partial charge in [0.05, 0.1) is 16.7 Å². The van der Waals surface area contributed by atoms with Gasteiger partial charge in [-0.15, -0.1) is 0 Å². The second-order valence-corrected chi connectivity index (χ2v) is 7.68. The summed E-state index contributed by atoms with van der Waals surface area (Å²) in [6.07, 6.45) is -0.526. The number of carbonyl (C=O) groups excluding carboxylic acids is 3. The summed E-state index contributed by atoms with van der Waals surface area (Å²) in [7, 11) is 0. The lowest BCUT2D eigenvalue weighted by atomic mass is 9.96. The maximum atomic E-state index is 12.8. The van der Waals surface area contributed by atoms with Crippen molar-refractivity contribution in [2.45, 2.75) is 32.0 Å². The lowest BCUT2D eigenvalue weighted by Gasteiger charge is -2.35. The molecule has 0 saturated heterocycles. The lowest BCUT2D eigenvalue weighted by Crippen LogP contribution is -2.50. The van der Waals surface area contributed by atoms with Crippen molar-refractivity contribution >= 4 is 17.9 Å². The molecule has 0 aliphatic rings. The molecule has 0 aliphatic heterocycles. The third-order valence-electron chi connectivity index (χ3n) is 5.15. The zero-order valence-corrected chi connectivity index (χ0v) is 18.6. The van der Waals surface area contributed by atoms with Gasteiger partial charge in [0, 0.05) is 0 Å². The number of esters is 3. The number of carbonyl (C=O) groups is 3. The van der Waals surface area contributed by atoms with Crippen molar-refractivity contribution < 1.29 is 28.6 Å². The fourth-order valence-electron chi connectivity index (χ4n) is 3.31. The second kappa shape index (κ2) is 11.1. The van der Waals surface area contributed by atoms with Gasteiger partial charge in [-0.2, -0.15) is 0 Å². The summed E-state index contributed by atoms with van der Waals surface area (Å²) >= 11 is 0. The molecule has 0 bridgehead atoms. The molecule has 0 spiro atoms. The Morgan fingerprint density at radius 1 is 0.697 bits per heavy atom. The monoisotopic (exact) mass is 446 g/mol. The lowest BCUT2D eigenvalue weighted by molar-refractivity contribution is -0.113. The number of rotatable bonds is 9. The van der Waals surface area contributed by atoms with Gasteiger partial charge in [0.25, 0.3) is 0 Å². The molecule has 2 atom stereocenters. The highest BCUT2D eigenvalue weighted by Gasteiger charge is 2.42. The van der Waals surface area contributed by atoms with Crippen LogP contribution < -0.4 is 0 Å². The van der Waals surface area contributed by atoms with Crippen LogP contribution in [0.3, 0.4) is 0 Å². The molecule has 6 nitrogen and oxygen atoms in total. The van der Waals surface area contributed by atoms with Gasteiger partial charge in [-0.1, -0.05) is 61.5 Å². The van der Waals surface area contributed by atoms with E-state index in [9.17, 15) is 14.4 Å². The Morgan fingerprint density at radius 3 is 1.58 bits per heavy atom. The van der Waals surface area contributed by atoms with Crippen LogP contribution in [0.2, 0.25) is 0 Å². The fraction of sp³-hybridized carbons (Fsp3) is 0.222. The quantitative estimate of drug-likeness (QED) is 0.336. The first-order chi connectivity index (χ1) is 15.9. The first-order valence-electron chi connectivity index (χ1n) is 10.7. The van der Waals surface area contributed by atoms with Crippen LogP contribution in [0.1, 0.15) is 51.3 Å². The Labute approximate surface area is 193 Å². The fourth-order valence-corrected chi connectivity index (χ4v) is 3.31. The standard InChI is InChI=1S/C27H26O6/c1-3-23(32-25(29)21-15-9-5-10-16-21)27(2,33-26(30)22-17-11-6-12-18-22)19-31-24(28)20-13-7-4-8-14-20/h4-18,23H,3,19H2,1-2H3. The summed E-state index contributed by atoms with van der Waals surface area (Å²) in [6.45, 7) is 3.11. The molecular weight excluding hydrogens is 420 g/mol. The van der Waals surface area contributed by atoms with E-state index in [-0.39, 0.29) is 6.61 Å². The van der Waals surface area contributed by atoms with Crippen molar-refractivity contribution in [2.75, 3.05) is 6.61 Å². The summed E-state index contributed by atoms with van der Waals surface area (Å²) in [5, 5.41) is 0. The van der Waals surface area contributed by atoms with Crippen LogP contribution >= 0.6 is 0 Å². The SMILES string of the molecule is CCC(OC(=O)c1ccccc1)C(C)(COC(=O)c1ccccc1)OC(=O)c1ccccc1. The number of ether oxygens (including phenoxy) is 3. The van der Waals surface area contributed by atoms with E-state index >= 15 is 0 Å². The molecule has 170 valence electrons.